The predicted molar refractivity (Wildman–Crippen MR) is 58.2 cm³/mol. The number of nitrogens with zero attached hydrogens (tertiary/aromatic N) is 1. The monoisotopic (exact) mass is 235 g/mol. The smallest absolute Gasteiger partial charge is 0.358 e. The third kappa shape index (κ3) is 2.04. The Bertz CT molecular complexity index is 563. The molecule has 0 bridgehead atoms. The van der Waals surface area contributed by atoms with Gasteiger partial charge in [0.15, 0.2) is 11.5 Å². The number of aromatic carboxylic acids is 1. The molecular formula is C12H10FNO3. The summed E-state index contributed by atoms with van der Waals surface area (Å²) < 4.78 is 18.1. The first-order valence-electron chi connectivity index (χ1n) is 5.11. The van der Waals surface area contributed by atoms with Crippen molar-refractivity contribution >= 4 is 5.97 Å². The van der Waals surface area contributed by atoms with Gasteiger partial charge in [-0.3, -0.25) is 0 Å². The summed E-state index contributed by atoms with van der Waals surface area (Å²) in [5, 5.41) is 12.4. The standard InChI is InChI=1S/C12H10FNO3/c1-2-9-10(12(15)16)14-17-11(9)7-4-3-5-8(13)6-7/h3-6H,2H2,1H3,(H,15,16). The van der Waals surface area contributed by atoms with Gasteiger partial charge in [0.05, 0.1) is 0 Å². The van der Waals surface area contributed by atoms with Gasteiger partial charge < -0.3 is 9.63 Å². The van der Waals surface area contributed by atoms with E-state index < -0.39 is 11.8 Å². The van der Waals surface area contributed by atoms with E-state index in [1.807, 2.05) is 0 Å². The Morgan fingerprint density at radius 2 is 2.29 bits per heavy atom. The second-order valence-corrected chi connectivity index (χ2v) is 3.51. The van der Waals surface area contributed by atoms with E-state index in [4.69, 9.17) is 9.63 Å². The van der Waals surface area contributed by atoms with Gasteiger partial charge in [-0.25, -0.2) is 9.18 Å². The molecule has 0 aliphatic heterocycles. The number of carbonyl (C=O) groups is 1. The average Bonchev–Trinajstić information content (AvgIpc) is 2.72. The summed E-state index contributed by atoms with van der Waals surface area (Å²) in [5.74, 6) is -1.24. The molecule has 0 fully saturated rings. The highest BCUT2D eigenvalue weighted by Crippen LogP contribution is 2.27. The molecule has 0 radical (unpaired) electrons. The second kappa shape index (κ2) is 4.37. The van der Waals surface area contributed by atoms with Crippen LogP contribution in [0.3, 0.4) is 0 Å². The highest BCUT2D eigenvalue weighted by atomic mass is 19.1. The third-order valence-corrected chi connectivity index (χ3v) is 2.43. The molecule has 0 amide bonds. The van der Waals surface area contributed by atoms with Crippen LogP contribution in [-0.4, -0.2) is 16.2 Å². The molecule has 1 aromatic heterocycles. The predicted octanol–water partition coefficient (Wildman–Crippen LogP) is 2.74. The summed E-state index contributed by atoms with van der Waals surface area (Å²) in [5.41, 5.74) is 0.844. The highest BCUT2D eigenvalue weighted by molar-refractivity contribution is 5.89. The molecule has 0 aliphatic rings. The quantitative estimate of drug-likeness (QED) is 0.888. The molecule has 0 spiro atoms. The van der Waals surface area contributed by atoms with Crippen molar-refractivity contribution in [2.24, 2.45) is 0 Å². The fourth-order valence-electron chi connectivity index (χ4n) is 1.66. The first kappa shape index (κ1) is 11.3. The van der Waals surface area contributed by atoms with Crippen molar-refractivity contribution < 1.29 is 18.8 Å². The third-order valence-electron chi connectivity index (χ3n) is 2.43. The molecule has 1 aromatic carbocycles. The highest BCUT2D eigenvalue weighted by Gasteiger charge is 2.21. The zero-order valence-corrected chi connectivity index (χ0v) is 9.11. The largest absolute Gasteiger partial charge is 0.476 e. The Labute approximate surface area is 96.7 Å². The molecule has 0 atom stereocenters. The fraction of sp³-hybridized carbons (Fsp3) is 0.167. The summed E-state index contributed by atoms with van der Waals surface area (Å²) in [6.07, 6.45) is 0.455. The van der Waals surface area contributed by atoms with Gasteiger partial charge in [0.1, 0.15) is 5.82 Å². The lowest BCUT2D eigenvalue weighted by atomic mass is 10.0. The molecule has 17 heavy (non-hydrogen) atoms. The summed E-state index contributed by atoms with van der Waals surface area (Å²) in [6.45, 7) is 1.79. The van der Waals surface area contributed by atoms with Gasteiger partial charge in [0.2, 0.25) is 0 Å². The van der Waals surface area contributed by atoms with E-state index in [1.54, 1.807) is 13.0 Å². The molecule has 2 aromatic rings. The zero-order chi connectivity index (χ0) is 12.4. The van der Waals surface area contributed by atoms with E-state index >= 15 is 0 Å². The van der Waals surface area contributed by atoms with Crippen molar-refractivity contribution in [2.45, 2.75) is 13.3 Å². The van der Waals surface area contributed by atoms with Gasteiger partial charge in [-0.15, -0.1) is 0 Å². The second-order valence-electron chi connectivity index (χ2n) is 3.51. The van der Waals surface area contributed by atoms with Gasteiger partial charge >= 0.3 is 5.97 Å². The van der Waals surface area contributed by atoms with Crippen molar-refractivity contribution in [1.29, 1.82) is 0 Å². The van der Waals surface area contributed by atoms with Gasteiger partial charge in [-0.2, -0.15) is 0 Å². The molecule has 0 saturated carbocycles. The molecule has 0 saturated heterocycles. The summed E-state index contributed by atoms with van der Waals surface area (Å²) in [4.78, 5) is 10.9. The van der Waals surface area contributed by atoms with Crippen LogP contribution in [0.1, 0.15) is 23.0 Å². The maximum absolute atomic E-state index is 13.1. The van der Waals surface area contributed by atoms with Crippen LogP contribution in [0.25, 0.3) is 11.3 Å². The maximum atomic E-state index is 13.1. The van der Waals surface area contributed by atoms with Crippen molar-refractivity contribution in [1.82, 2.24) is 5.16 Å². The molecule has 1 heterocycles. The van der Waals surface area contributed by atoms with Gasteiger partial charge in [-0.1, -0.05) is 24.2 Å². The fourth-order valence-corrected chi connectivity index (χ4v) is 1.66. The lowest BCUT2D eigenvalue weighted by Crippen LogP contribution is -2.00. The minimum absolute atomic E-state index is 0.119. The Kier molecular flexibility index (Phi) is 2.91. The van der Waals surface area contributed by atoms with Gasteiger partial charge in [0, 0.05) is 11.1 Å². The van der Waals surface area contributed by atoms with Crippen LogP contribution in [-0.2, 0) is 6.42 Å². The van der Waals surface area contributed by atoms with E-state index in [0.717, 1.165) is 0 Å². The maximum Gasteiger partial charge on any atom is 0.358 e. The Morgan fingerprint density at radius 1 is 1.53 bits per heavy atom. The van der Waals surface area contributed by atoms with Gasteiger partial charge in [-0.05, 0) is 18.6 Å². The number of hydrogen-bond donors (Lipinski definition) is 1. The molecule has 4 nitrogen and oxygen atoms in total. The topological polar surface area (TPSA) is 63.3 Å². The van der Waals surface area contributed by atoms with Crippen LogP contribution >= 0.6 is 0 Å². The minimum Gasteiger partial charge on any atom is -0.476 e. The minimum atomic E-state index is -1.15. The van der Waals surface area contributed by atoms with Crippen LogP contribution in [0, 0.1) is 5.82 Å². The number of benzene rings is 1. The number of aromatic nitrogens is 1. The van der Waals surface area contributed by atoms with Crippen molar-refractivity contribution in [3.8, 4) is 11.3 Å². The van der Waals surface area contributed by atoms with E-state index in [-0.39, 0.29) is 5.69 Å². The van der Waals surface area contributed by atoms with Crippen LogP contribution in [0.4, 0.5) is 4.39 Å². The van der Waals surface area contributed by atoms with Crippen LogP contribution in [0.15, 0.2) is 28.8 Å². The molecule has 2 rings (SSSR count). The van der Waals surface area contributed by atoms with Crippen molar-refractivity contribution in [3.05, 3.63) is 41.3 Å². The van der Waals surface area contributed by atoms with Crippen molar-refractivity contribution in [3.63, 3.8) is 0 Å². The van der Waals surface area contributed by atoms with E-state index in [2.05, 4.69) is 5.16 Å². The normalized spacial score (nSPS) is 10.5. The molecule has 5 heteroatoms. The van der Waals surface area contributed by atoms with E-state index in [0.29, 0.717) is 23.3 Å². The van der Waals surface area contributed by atoms with Crippen molar-refractivity contribution in [2.75, 3.05) is 0 Å². The summed E-state index contributed by atoms with van der Waals surface area (Å²) in [6, 6.07) is 5.77. The Balaban J connectivity index is 2.56. The van der Waals surface area contributed by atoms with Crippen LogP contribution < -0.4 is 0 Å². The lowest BCUT2D eigenvalue weighted by Gasteiger charge is -1.99. The average molecular weight is 235 g/mol. The molecule has 0 aliphatic carbocycles. The summed E-state index contributed by atoms with van der Waals surface area (Å²) >= 11 is 0. The molecular weight excluding hydrogens is 225 g/mol. The van der Waals surface area contributed by atoms with Crippen LogP contribution in [0.2, 0.25) is 0 Å². The molecule has 1 N–H and O–H groups in total. The number of hydrogen-bond acceptors (Lipinski definition) is 3. The first-order chi connectivity index (χ1) is 8.13. The van der Waals surface area contributed by atoms with E-state index in [9.17, 15) is 9.18 Å². The molecule has 88 valence electrons. The number of carboxylic acid groups (broad SMARTS) is 1. The summed E-state index contributed by atoms with van der Waals surface area (Å²) in [7, 11) is 0. The zero-order valence-electron chi connectivity index (χ0n) is 9.11. The Morgan fingerprint density at radius 3 is 2.88 bits per heavy atom. The SMILES string of the molecule is CCc1c(C(=O)O)noc1-c1cccc(F)c1. The number of carboxylic acids is 1. The first-order valence-corrected chi connectivity index (χ1v) is 5.11. The Hall–Kier alpha value is -2.17. The lowest BCUT2D eigenvalue weighted by molar-refractivity contribution is 0.0685. The van der Waals surface area contributed by atoms with Crippen LogP contribution in [0.5, 0.6) is 0 Å². The van der Waals surface area contributed by atoms with Gasteiger partial charge in [0.25, 0.3) is 0 Å². The van der Waals surface area contributed by atoms with E-state index in [1.165, 1.54) is 18.2 Å². The molecule has 0 unspecified atom stereocenters. The number of rotatable bonds is 3. The number of halogens is 1.